The summed E-state index contributed by atoms with van der Waals surface area (Å²) in [6, 6.07) is 0. The van der Waals surface area contributed by atoms with Gasteiger partial charge < -0.3 is 0 Å². The van der Waals surface area contributed by atoms with Crippen molar-refractivity contribution in [2.45, 2.75) is 37.1 Å². The third-order valence-corrected chi connectivity index (χ3v) is 4.56. The van der Waals surface area contributed by atoms with Crippen LogP contribution in [0.5, 0.6) is 0 Å². The summed E-state index contributed by atoms with van der Waals surface area (Å²) >= 11 is 0.426. The van der Waals surface area contributed by atoms with Crippen molar-refractivity contribution in [2.75, 3.05) is 0 Å². The quantitative estimate of drug-likeness (QED) is 0.556. The van der Waals surface area contributed by atoms with E-state index in [1.54, 1.807) is 0 Å². The molecule has 0 aromatic rings. The van der Waals surface area contributed by atoms with Gasteiger partial charge in [0.15, 0.2) is 0 Å². The van der Waals surface area contributed by atoms with Crippen LogP contribution in [0.15, 0.2) is 0 Å². The van der Waals surface area contributed by atoms with Crippen molar-refractivity contribution < 1.29 is 19.2 Å². The van der Waals surface area contributed by atoms with E-state index in [0.29, 0.717) is 19.2 Å². The third kappa shape index (κ3) is 8.71. The van der Waals surface area contributed by atoms with Crippen LogP contribution in [0.2, 0.25) is 9.45 Å². The molecular weight excluding hydrogens is 144 g/mol. The van der Waals surface area contributed by atoms with E-state index in [0.717, 1.165) is 11.8 Å². The van der Waals surface area contributed by atoms with Gasteiger partial charge in [-0.3, -0.25) is 0 Å². The summed E-state index contributed by atoms with van der Waals surface area (Å²) in [5.74, 6) is 1.90. The Balaban J connectivity index is 2.91. The van der Waals surface area contributed by atoms with Gasteiger partial charge >= 0.3 is 68.1 Å². The maximum absolute atomic E-state index is 2.32. The van der Waals surface area contributed by atoms with E-state index in [4.69, 9.17) is 0 Å². The number of rotatable bonds is 4. The molecule has 0 radical (unpaired) electrons. The van der Waals surface area contributed by atoms with E-state index >= 15 is 0 Å². The molecule has 52 valence electrons. The Bertz CT molecular complexity index is 49.6. The van der Waals surface area contributed by atoms with Crippen molar-refractivity contribution in [1.29, 1.82) is 0 Å². The van der Waals surface area contributed by atoms with Crippen molar-refractivity contribution >= 4 is 0 Å². The second-order valence-corrected chi connectivity index (χ2v) is 5.50. The molecule has 0 bridgehead atoms. The first-order chi connectivity index (χ1) is 4.13. The molecule has 0 nitrogen and oxygen atoms in total. The molecule has 0 saturated heterocycles. The molecule has 0 N–H and O–H groups in total. The monoisotopic (exact) mass is 162 g/mol. The summed E-state index contributed by atoms with van der Waals surface area (Å²) in [5.41, 5.74) is 0. The standard InChI is InChI=1S/2C4H9.Ti/c2*1-4(2)3;/h2*4H,1H2,2-3H3;/q;;+2. The van der Waals surface area contributed by atoms with Crippen molar-refractivity contribution in [3.8, 4) is 0 Å². The molecule has 0 aromatic heterocycles. The number of hydrogen-bond donors (Lipinski definition) is 0. The fourth-order valence-corrected chi connectivity index (χ4v) is 2.72. The SMILES string of the molecule is CC(C)[CH2][Ti+2][CH2]C(C)C. The first-order valence-electron chi connectivity index (χ1n) is 3.83. The van der Waals surface area contributed by atoms with Crippen molar-refractivity contribution in [3.63, 3.8) is 0 Å². The Labute approximate surface area is 68.3 Å². The summed E-state index contributed by atoms with van der Waals surface area (Å²) in [5, 5.41) is 0. The van der Waals surface area contributed by atoms with Gasteiger partial charge in [-0.25, -0.2) is 0 Å². The van der Waals surface area contributed by atoms with Crippen molar-refractivity contribution in [2.24, 2.45) is 11.8 Å². The normalized spacial score (nSPS) is 10.4. The summed E-state index contributed by atoms with van der Waals surface area (Å²) < 4.78 is 3.05. The molecule has 0 aliphatic carbocycles. The zero-order valence-corrected chi connectivity index (χ0v) is 8.63. The molecule has 0 fully saturated rings. The molecule has 0 unspecified atom stereocenters. The van der Waals surface area contributed by atoms with Crippen LogP contribution in [0.3, 0.4) is 0 Å². The van der Waals surface area contributed by atoms with Crippen LogP contribution in [0.1, 0.15) is 27.7 Å². The van der Waals surface area contributed by atoms with E-state index in [1.807, 2.05) is 0 Å². The Morgan fingerprint density at radius 3 is 1.44 bits per heavy atom. The van der Waals surface area contributed by atoms with E-state index in [9.17, 15) is 0 Å². The molecule has 0 spiro atoms. The zero-order valence-electron chi connectivity index (χ0n) is 7.07. The summed E-state index contributed by atoms with van der Waals surface area (Å²) in [4.78, 5) is 0. The van der Waals surface area contributed by atoms with Gasteiger partial charge in [-0.2, -0.15) is 0 Å². The Morgan fingerprint density at radius 1 is 0.889 bits per heavy atom. The van der Waals surface area contributed by atoms with E-state index in [1.165, 1.54) is 9.45 Å². The Morgan fingerprint density at radius 2 is 1.22 bits per heavy atom. The second-order valence-electron chi connectivity index (χ2n) is 3.45. The number of hydrogen-bond acceptors (Lipinski definition) is 0. The Kier molecular flexibility index (Phi) is 5.93. The molecule has 9 heavy (non-hydrogen) atoms. The summed E-state index contributed by atoms with van der Waals surface area (Å²) in [7, 11) is 0. The summed E-state index contributed by atoms with van der Waals surface area (Å²) in [6.07, 6.45) is 0. The van der Waals surface area contributed by atoms with Gasteiger partial charge in [-0.05, 0) is 0 Å². The van der Waals surface area contributed by atoms with Gasteiger partial charge in [0.05, 0.1) is 0 Å². The first kappa shape index (κ1) is 9.71. The molecule has 0 aliphatic heterocycles. The van der Waals surface area contributed by atoms with Crippen LogP contribution in [0, 0.1) is 11.8 Å². The van der Waals surface area contributed by atoms with Crippen LogP contribution < -0.4 is 0 Å². The third-order valence-electron chi connectivity index (χ3n) is 1.11. The molecule has 0 rings (SSSR count). The minimum atomic E-state index is 0.426. The van der Waals surface area contributed by atoms with Gasteiger partial charge in [0.2, 0.25) is 0 Å². The van der Waals surface area contributed by atoms with Crippen LogP contribution in [-0.4, -0.2) is 0 Å². The van der Waals surface area contributed by atoms with Crippen LogP contribution >= 0.6 is 0 Å². The van der Waals surface area contributed by atoms with Gasteiger partial charge in [0, 0.05) is 0 Å². The first-order valence-corrected chi connectivity index (χ1v) is 6.04. The van der Waals surface area contributed by atoms with Crippen LogP contribution in [0.4, 0.5) is 0 Å². The van der Waals surface area contributed by atoms with E-state index in [-0.39, 0.29) is 0 Å². The predicted octanol–water partition coefficient (Wildman–Crippen LogP) is 3.22. The molecule has 0 amide bonds. The van der Waals surface area contributed by atoms with Gasteiger partial charge in [-0.15, -0.1) is 0 Å². The maximum atomic E-state index is 2.32. The molecule has 0 aromatic carbocycles. The fraction of sp³-hybridized carbons (Fsp3) is 1.00. The minimum absolute atomic E-state index is 0.426. The second kappa shape index (κ2) is 5.50. The van der Waals surface area contributed by atoms with E-state index in [2.05, 4.69) is 27.7 Å². The molecule has 0 atom stereocenters. The van der Waals surface area contributed by atoms with Crippen LogP contribution in [0.25, 0.3) is 0 Å². The average Bonchev–Trinajstić information content (AvgIpc) is 1.63. The van der Waals surface area contributed by atoms with Gasteiger partial charge in [0.1, 0.15) is 0 Å². The van der Waals surface area contributed by atoms with Gasteiger partial charge in [0.25, 0.3) is 0 Å². The van der Waals surface area contributed by atoms with E-state index < -0.39 is 0 Å². The predicted molar refractivity (Wildman–Crippen MR) is 39.3 cm³/mol. The molecular formula is C8H18Ti+2. The molecule has 0 aliphatic rings. The zero-order chi connectivity index (χ0) is 7.28. The topological polar surface area (TPSA) is 0 Å². The fourth-order valence-electron chi connectivity index (χ4n) is 0.661. The molecule has 0 heterocycles. The van der Waals surface area contributed by atoms with Crippen molar-refractivity contribution in [3.05, 3.63) is 0 Å². The Hall–Kier alpha value is 0.714. The van der Waals surface area contributed by atoms with Gasteiger partial charge in [-0.1, -0.05) is 0 Å². The molecule has 1 heteroatoms. The van der Waals surface area contributed by atoms with Crippen LogP contribution in [-0.2, 0) is 19.2 Å². The average molecular weight is 162 g/mol. The van der Waals surface area contributed by atoms with Crippen molar-refractivity contribution in [1.82, 2.24) is 0 Å². The summed E-state index contributed by atoms with van der Waals surface area (Å²) in [6.45, 7) is 9.29. The molecule has 0 saturated carbocycles.